The SMILES string of the molecule is COc1cc(CN[C@H](C)C23CC4CC(CC(C4)C2)C3)ccc1OCC(=O)NC(C)(C)C. The highest BCUT2D eigenvalue weighted by atomic mass is 16.5. The Morgan fingerprint density at radius 1 is 1.10 bits per heavy atom. The van der Waals surface area contributed by atoms with E-state index in [1.165, 1.54) is 44.1 Å². The fourth-order valence-corrected chi connectivity index (χ4v) is 6.73. The first kappa shape index (κ1) is 22.4. The molecule has 1 aromatic carbocycles. The van der Waals surface area contributed by atoms with Crippen molar-refractivity contribution in [1.82, 2.24) is 10.6 Å². The predicted molar refractivity (Wildman–Crippen MR) is 123 cm³/mol. The van der Waals surface area contributed by atoms with Gasteiger partial charge in [0, 0.05) is 18.1 Å². The van der Waals surface area contributed by atoms with E-state index in [9.17, 15) is 4.79 Å². The van der Waals surface area contributed by atoms with E-state index in [4.69, 9.17) is 9.47 Å². The van der Waals surface area contributed by atoms with Crippen molar-refractivity contribution in [1.29, 1.82) is 0 Å². The summed E-state index contributed by atoms with van der Waals surface area (Å²) in [6.07, 6.45) is 8.70. The lowest BCUT2D eigenvalue weighted by molar-refractivity contribution is -0.124. The van der Waals surface area contributed by atoms with Gasteiger partial charge in [0.1, 0.15) is 0 Å². The number of methoxy groups -OCH3 is 1. The highest BCUT2D eigenvalue weighted by molar-refractivity contribution is 5.78. The second-order valence-electron chi connectivity index (χ2n) is 11.5. The average molecular weight is 429 g/mol. The third-order valence-electron chi connectivity index (χ3n) is 7.72. The molecule has 1 aromatic rings. The highest BCUT2D eigenvalue weighted by Crippen LogP contribution is 2.61. The van der Waals surface area contributed by atoms with Crippen molar-refractivity contribution in [3.8, 4) is 11.5 Å². The van der Waals surface area contributed by atoms with Gasteiger partial charge in [-0.3, -0.25) is 4.79 Å². The Hall–Kier alpha value is -1.75. The van der Waals surface area contributed by atoms with E-state index in [2.05, 4.69) is 23.6 Å². The van der Waals surface area contributed by atoms with E-state index < -0.39 is 0 Å². The minimum Gasteiger partial charge on any atom is -0.493 e. The van der Waals surface area contributed by atoms with E-state index in [1.807, 2.05) is 32.9 Å². The molecule has 0 aliphatic heterocycles. The summed E-state index contributed by atoms with van der Waals surface area (Å²) in [5, 5.41) is 6.75. The van der Waals surface area contributed by atoms with Crippen LogP contribution < -0.4 is 20.1 Å². The Balaban J connectivity index is 1.33. The van der Waals surface area contributed by atoms with Gasteiger partial charge in [-0.25, -0.2) is 0 Å². The summed E-state index contributed by atoms with van der Waals surface area (Å²) in [5.41, 5.74) is 1.41. The second kappa shape index (κ2) is 8.65. The van der Waals surface area contributed by atoms with Crippen LogP contribution >= 0.6 is 0 Å². The monoisotopic (exact) mass is 428 g/mol. The van der Waals surface area contributed by atoms with E-state index in [0.717, 1.165) is 24.3 Å². The summed E-state index contributed by atoms with van der Waals surface area (Å²) in [6.45, 7) is 9.07. The molecular formula is C26H40N2O3. The largest absolute Gasteiger partial charge is 0.493 e. The average Bonchev–Trinajstić information content (AvgIpc) is 2.68. The van der Waals surface area contributed by atoms with Crippen molar-refractivity contribution < 1.29 is 14.3 Å². The summed E-state index contributed by atoms with van der Waals surface area (Å²) in [7, 11) is 1.65. The van der Waals surface area contributed by atoms with Crippen LogP contribution in [0.4, 0.5) is 0 Å². The summed E-state index contributed by atoms with van der Waals surface area (Å²) in [6, 6.07) is 6.54. The van der Waals surface area contributed by atoms with Crippen LogP contribution in [0.3, 0.4) is 0 Å². The Bertz CT molecular complexity index is 763. The quantitative estimate of drug-likeness (QED) is 0.631. The van der Waals surface area contributed by atoms with Crippen LogP contribution in [0, 0.1) is 23.2 Å². The molecular weight excluding hydrogens is 388 g/mol. The molecule has 4 fully saturated rings. The molecule has 0 aromatic heterocycles. The number of nitrogens with one attached hydrogen (secondary N) is 2. The molecule has 5 rings (SSSR count). The molecule has 5 heteroatoms. The van der Waals surface area contributed by atoms with Crippen LogP contribution in [-0.2, 0) is 11.3 Å². The van der Waals surface area contributed by atoms with E-state index in [-0.39, 0.29) is 18.1 Å². The standard InChI is InChI=1S/C26H40N2O3/c1-17(26-12-19-8-20(13-26)10-21(9-19)14-26)27-15-18-6-7-22(23(11-18)30-5)31-16-24(29)28-25(2,3)4/h6-7,11,17,19-21,27H,8-10,12-16H2,1-5H3,(H,28,29)/t17-,19?,20?,21?,26?/m1/s1. The maximum Gasteiger partial charge on any atom is 0.258 e. The summed E-state index contributed by atoms with van der Waals surface area (Å²) >= 11 is 0. The maximum absolute atomic E-state index is 12.1. The van der Waals surface area contributed by atoms with Gasteiger partial charge in [0.05, 0.1) is 7.11 Å². The van der Waals surface area contributed by atoms with Crippen molar-refractivity contribution in [3.05, 3.63) is 23.8 Å². The Morgan fingerprint density at radius 3 is 2.26 bits per heavy atom. The first-order valence-electron chi connectivity index (χ1n) is 12.0. The Kier molecular flexibility index (Phi) is 6.26. The third kappa shape index (κ3) is 5.19. The number of hydrogen-bond acceptors (Lipinski definition) is 4. The molecule has 1 atom stereocenters. The molecule has 0 spiro atoms. The fraction of sp³-hybridized carbons (Fsp3) is 0.731. The van der Waals surface area contributed by atoms with Gasteiger partial charge in [-0.05, 0) is 107 Å². The third-order valence-corrected chi connectivity index (χ3v) is 7.72. The van der Waals surface area contributed by atoms with Crippen LogP contribution in [0.1, 0.15) is 71.8 Å². The molecule has 2 N–H and O–H groups in total. The van der Waals surface area contributed by atoms with Crippen LogP contribution in [0.2, 0.25) is 0 Å². The number of hydrogen-bond donors (Lipinski definition) is 2. The molecule has 4 aliphatic carbocycles. The van der Waals surface area contributed by atoms with Gasteiger partial charge in [0.25, 0.3) is 5.91 Å². The fourth-order valence-electron chi connectivity index (χ4n) is 6.73. The lowest BCUT2D eigenvalue weighted by Gasteiger charge is -2.59. The number of carbonyl (C=O) groups excluding carboxylic acids is 1. The van der Waals surface area contributed by atoms with Gasteiger partial charge >= 0.3 is 0 Å². The van der Waals surface area contributed by atoms with Crippen LogP contribution in [0.5, 0.6) is 11.5 Å². The van der Waals surface area contributed by atoms with Crippen molar-refractivity contribution in [3.63, 3.8) is 0 Å². The molecule has 0 unspecified atom stereocenters. The molecule has 0 saturated heterocycles. The molecule has 5 nitrogen and oxygen atoms in total. The van der Waals surface area contributed by atoms with Crippen molar-refractivity contribution in [2.24, 2.45) is 23.2 Å². The zero-order valence-electron chi connectivity index (χ0n) is 19.9. The number of ether oxygens (including phenoxy) is 2. The van der Waals surface area contributed by atoms with E-state index >= 15 is 0 Å². The van der Waals surface area contributed by atoms with Gasteiger partial charge in [0.15, 0.2) is 18.1 Å². The molecule has 31 heavy (non-hydrogen) atoms. The maximum atomic E-state index is 12.1. The van der Waals surface area contributed by atoms with Gasteiger partial charge in [-0.15, -0.1) is 0 Å². The topological polar surface area (TPSA) is 59.6 Å². The van der Waals surface area contributed by atoms with E-state index in [0.29, 0.717) is 23.0 Å². The predicted octanol–water partition coefficient (Wildman–Crippen LogP) is 4.68. The van der Waals surface area contributed by atoms with Crippen LogP contribution in [-0.4, -0.2) is 31.2 Å². The number of amides is 1. The van der Waals surface area contributed by atoms with Gasteiger partial charge in [-0.1, -0.05) is 6.07 Å². The zero-order chi connectivity index (χ0) is 22.2. The second-order valence-corrected chi connectivity index (χ2v) is 11.5. The minimum atomic E-state index is -0.270. The molecule has 0 radical (unpaired) electrons. The molecule has 1 amide bonds. The molecule has 4 aliphatic rings. The van der Waals surface area contributed by atoms with E-state index in [1.54, 1.807) is 7.11 Å². The zero-order valence-corrected chi connectivity index (χ0v) is 19.9. The molecule has 4 saturated carbocycles. The first-order valence-corrected chi connectivity index (χ1v) is 12.0. The number of benzene rings is 1. The van der Waals surface area contributed by atoms with Crippen molar-refractivity contribution >= 4 is 5.91 Å². The number of carbonyl (C=O) groups is 1. The number of rotatable bonds is 8. The Morgan fingerprint density at radius 2 is 1.71 bits per heavy atom. The summed E-state index contributed by atoms with van der Waals surface area (Å²) < 4.78 is 11.3. The Labute approximate surface area is 187 Å². The minimum absolute atomic E-state index is 0.0196. The molecule has 0 heterocycles. The first-order chi connectivity index (χ1) is 14.7. The summed E-state index contributed by atoms with van der Waals surface area (Å²) in [5.74, 6) is 4.06. The van der Waals surface area contributed by atoms with Gasteiger partial charge in [0.2, 0.25) is 0 Å². The molecule has 4 bridgehead atoms. The smallest absolute Gasteiger partial charge is 0.258 e. The lowest BCUT2D eigenvalue weighted by atomic mass is 9.48. The van der Waals surface area contributed by atoms with Gasteiger partial charge < -0.3 is 20.1 Å². The van der Waals surface area contributed by atoms with Gasteiger partial charge in [-0.2, -0.15) is 0 Å². The van der Waals surface area contributed by atoms with Crippen molar-refractivity contribution in [2.75, 3.05) is 13.7 Å². The van der Waals surface area contributed by atoms with Crippen molar-refractivity contribution in [2.45, 2.75) is 84.3 Å². The normalized spacial score (nSPS) is 30.2. The lowest BCUT2D eigenvalue weighted by Crippen LogP contribution is -2.54. The van der Waals surface area contributed by atoms with Crippen LogP contribution in [0.15, 0.2) is 18.2 Å². The highest BCUT2D eigenvalue weighted by Gasteiger charge is 2.52. The van der Waals surface area contributed by atoms with Crippen LogP contribution in [0.25, 0.3) is 0 Å². The summed E-state index contributed by atoms with van der Waals surface area (Å²) in [4.78, 5) is 12.1. The molecule has 172 valence electrons.